The highest BCUT2D eigenvalue weighted by atomic mass is 32.1. The number of nitrogens with zero attached hydrogens (tertiary/aromatic N) is 3. The Balaban J connectivity index is 1.38. The lowest BCUT2D eigenvalue weighted by molar-refractivity contribution is -0.114. The van der Waals surface area contributed by atoms with E-state index in [1.807, 2.05) is 24.3 Å². The number of carbonyl (C=O) groups excluding carboxylic acids is 1. The lowest BCUT2D eigenvalue weighted by Crippen LogP contribution is -2.42. The Morgan fingerprint density at radius 2 is 2.03 bits per heavy atom. The van der Waals surface area contributed by atoms with Crippen molar-refractivity contribution in [2.24, 2.45) is 0 Å². The fourth-order valence-electron chi connectivity index (χ4n) is 3.66. The summed E-state index contributed by atoms with van der Waals surface area (Å²) in [6.07, 6.45) is 3.25. The van der Waals surface area contributed by atoms with Crippen LogP contribution in [0.3, 0.4) is 0 Å². The van der Waals surface area contributed by atoms with E-state index in [4.69, 9.17) is 14.2 Å². The molecule has 0 bridgehead atoms. The molecule has 32 heavy (non-hydrogen) atoms. The van der Waals surface area contributed by atoms with Gasteiger partial charge in [0.05, 0.1) is 17.9 Å². The number of rotatable bonds is 6. The van der Waals surface area contributed by atoms with E-state index in [9.17, 15) is 9.18 Å². The molecule has 2 aliphatic heterocycles. The number of thiazole rings is 1. The van der Waals surface area contributed by atoms with Crippen LogP contribution in [0.1, 0.15) is 5.56 Å². The zero-order valence-electron chi connectivity index (χ0n) is 17.3. The van der Waals surface area contributed by atoms with Crippen LogP contribution in [-0.4, -0.2) is 62.0 Å². The van der Waals surface area contributed by atoms with Crippen molar-refractivity contribution in [3.05, 3.63) is 53.9 Å². The summed E-state index contributed by atoms with van der Waals surface area (Å²) in [5, 5.41) is 0.485. The van der Waals surface area contributed by atoms with E-state index in [2.05, 4.69) is 9.88 Å². The maximum absolute atomic E-state index is 14.2. The molecule has 1 saturated heterocycles. The summed E-state index contributed by atoms with van der Waals surface area (Å²) in [7, 11) is 0. The van der Waals surface area contributed by atoms with Gasteiger partial charge in [-0.1, -0.05) is 23.5 Å². The molecule has 1 fully saturated rings. The average Bonchev–Trinajstić information content (AvgIpc) is 3.46. The Kier molecular flexibility index (Phi) is 6.02. The first-order valence-electron chi connectivity index (χ1n) is 10.4. The zero-order chi connectivity index (χ0) is 21.9. The molecule has 1 amide bonds. The SMILES string of the molecule is O=C(/C=C/c1ccc2c(c1)OCO2)N(CCN1CCOCC1)c1nc2c(F)cccc2s1. The number of aromatic nitrogens is 1. The Labute approximate surface area is 188 Å². The van der Waals surface area contributed by atoms with Crippen molar-refractivity contribution in [1.29, 1.82) is 0 Å². The summed E-state index contributed by atoms with van der Waals surface area (Å²) in [5.74, 6) is 0.749. The summed E-state index contributed by atoms with van der Waals surface area (Å²) in [6, 6.07) is 10.4. The molecule has 7 nitrogen and oxygen atoms in total. The zero-order valence-corrected chi connectivity index (χ0v) is 18.1. The van der Waals surface area contributed by atoms with Gasteiger partial charge in [-0.3, -0.25) is 14.6 Å². The number of amides is 1. The molecule has 0 N–H and O–H groups in total. The largest absolute Gasteiger partial charge is 0.454 e. The molecule has 0 atom stereocenters. The number of hydrogen-bond donors (Lipinski definition) is 0. The number of carbonyl (C=O) groups is 1. The maximum Gasteiger partial charge on any atom is 0.252 e. The van der Waals surface area contributed by atoms with Gasteiger partial charge in [0.25, 0.3) is 5.91 Å². The third kappa shape index (κ3) is 4.45. The number of para-hydroxylation sites is 1. The molecule has 166 valence electrons. The van der Waals surface area contributed by atoms with Gasteiger partial charge in [-0.15, -0.1) is 0 Å². The molecule has 3 heterocycles. The second kappa shape index (κ2) is 9.23. The summed E-state index contributed by atoms with van der Waals surface area (Å²) >= 11 is 1.31. The quantitative estimate of drug-likeness (QED) is 0.530. The van der Waals surface area contributed by atoms with E-state index in [0.29, 0.717) is 47.6 Å². The highest BCUT2D eigenvalue weighted by Gasteiger charge is 2.21. The first-order chi connectivity index (χ1) is 15.7. The monoisotopic (exact) mass is 455 g/mol. The molecule has 2 aliphatic rings. The predicted molar refractivity (Wildman–Crippen MR) is 121 cm³/mol. The summed E-state index contributed by atoms with van der Waals surface area (Å²) in [4.78, 5) is 21.5. The van der Waals surface area contributed by atoms with Crippen molar-refractivity contribution in [2.45, 2.75) is 0 Å². The van der Waals surface area contributed by atoms with Gasteiger partial charge >= 0.3 is 0 Å². The van der Waals surface area contributed by atoms with E-state index in [0.717, 1.165) is 18.7 Å². The lowest BCUT2D eigenvalue weighted by Gasteiger charge is -2.28. The molecule has 0 aliphatic carbocycles. The van der Waals surface area contributed by atoms with Gasteiger partial charge in [0, 0.05) is 32.3 Å². The molecule has 0 unspecified atom stereocenters. The third-order valence-corrected chi connectivity index (χ3v) is 6.46. The van der Waals surface area contributed by atoms with Crippen LogP contribution in [0.4, 0.5) is 9.52 Å². The number of halogens is 1. The van der Waals surface area contributed by atoms with E-state index in [-0.39, 0.29) is 24.0 Å². The number of ether oxygens (including phenoxy) is 3. The molecule has 0 saturated carbocycles. The third-order valence-electron chi connectivity index (χ3n) is 5.41. The molecule has 0 radical (unpaired) electrons. The van der Waals surface area contributed by atoms with E-state index in [1.54, 1.807) is 17.0 Å². The molecule has 2 aromatic carbocycles. The number of fused-ring (bicyclic) bond motifs is 2. The first kappa shape index (κ1) is 20.9. The van der Waals surface area contributed by atoms with Gasteiger partial charge in [-0.2, -0.15) is 0 Å². The van der Waals surface area contributed by atoms with Gasteiger partial charge in [0.2, 0.25) is 6.79 Å². The highest BCUT2D eigenvalue weighted by molar-refractivity contribution is 7.22. The normalized spacial score (nSPS) is 16.2. The van der Waals surface area contributed by atoms with E-state index in [1.165, 1.54) is 23.5 Å². The Morgan fingerprint density at radius 1 is 1.19 bits per heavy atom. The van der Waals surface area contributed by atoms with Crippen LogP contribution in [0.5, 0.6) is 11.5 Å². The maximum atomic E-state index is 14.2. The predicted octanol–water partition coefficient (Wildman–Crippen LogP) is 3.54. The molecule has 1 aromatic heterocycles. The van der Waals surface area contributed by atoms with Crippen LogP contribution in [0.2, 0.25) is 0 Å². The fourth-order valence-corrected chi connectivity index (χ4v) is 4.67. The minimum atomic E-state index is -0.388. The van der Waals surface area contributed by atoms with Gasteiger partial charge in [0.1, 0.15) is 11.3 Å². The molecular formula is C23H22FN3O4S. The van der Waals surface area contributed by atoms with Gasteiger partial charge in [-0.25, -0.2) is 9.37 Å². The summed E-state index contributed by atoms with van der Waals surface area (Å²) in [5.41, 5.74) is 1.11. The molecule has 0 spiro atoms. The second-order valence-electron chi connectivity index (χ2n) is 7.47. The van der Waals surface area contributed by atoms with E-state index < -0.39 is 0 Å². The van der Waals surface area contributed by atoms with Crippen molar-refractivity contribution in [3.8, 4) is 11.5 Å². The van der Waals surface area contributed by atoms with Crippen molar-refractivity contribution in [2.75, 3.05) is 51.1 Å². The Hall–Kier alpha value is -3.01. The van der Waals surface area contributed by atoms with Crippen LogP contribution in [0, 0.1) is 5.82 Å². The first-order valence-corrected chi connectivity index (χ1v) is 11.2. The minimum Gasteiger partial charge on any atom is -0.454 e. The van der Waals surface area contributed by atoms with Gasteiger partial charge < -0.3 is 14.2 Å². The average molecular weight is 456 g/mol. The fraction of sp³-hybridized carbons (Fsp3) is 0.304. The van der Waals surface area contributed by atoms with E-state index >= 15 is 0 Å². The van der Waals surface area contributed by atoms with Crippen molar-refractivity contribution in [1.82, 2.24) is 9.88 Å². The topological polar surface area (TPSA) is 64.1 Å². The molecular weight excluding hydrogens is 433 g/mol. The Bertz CT molecular complexity index is 1160. The van der Waals surface area contributed by atoms with Gasteiger partial charge in [0.15, 0.2) is 16.6 Å². The van der Waals surface area contributed by atoms with Gasteiger partial charge in [-0.05, 0) is 35.9 Å². The molecule has 9 heteroatoms. The standard InChI is InChI=1S/C23H22FN3O4S/c24-17-2-1-3-20-22(17)25-23(32-20)27(9-8-26-10-12-29-13-11-26)21(28)7-5-16-4-6-18-19(14-16)31-15-30-18/h1-7,14H,8-13,15H2/b7-5+. The molecule has 5 rings (SSSR count). The highest BCUT2D eigenvalue weighted by Crippen LogP contribution is 2.33. The van der Waals surface area contributed by atoms with Crippen molar-refractivity contribution >= 4 is 38.7 Å². The molecule has 3 aromatic rings. The number of morpholine rings is 1. The van der Waals surface area contributed by atoms with Crippen LogP contribution >= 0.6 is 11.3 Å². The summed E-state index contributed by atoms with van der Waals surface area (Å²) in [6.45, 7) is 4.35. The second-order valence-corrected chi connectivity index (χ2v) is 8.48. The van der Waals surface area contributed by atoms with Crippen molar-refractivity contribution < 1.29 is 23.4 Å². The van der Waals surface area contributed by atoms with Crippen LogP contribution in [-0.2, 0) is 9.53 Å². The lowest BCUT2D eigenvalue weighted by atomic mass is 10.2. The number of benzene rings is 2. The number of hydrogen-bond acceptors (Lipinski definition) is 7. The van der Waals surface area contributed by atoms with Crippen LogP contribution in [0.15, 0.2) is 42.5 Å². The Morgan fingerprint density at radius 3 is 2.88 bits per heavy atom. The smallest absolute Gasteiger partial charge is 0.252 e. The van der Waals surface area contributed by atoms with Crippen LogP contribution < -0.4 is 14.4 Å². The summed E-state index contributed by atoms with van der Waals surface area (Å²) < 4.78 is 31.1. The van der Waals surface area contributed by atoms with Crippen LogP contribution in [0.25, 0.3) is 16.3 Å². The van der Waals surface area contributed by atoms with Crippen molar-refractivity contribution in [3.63, 3.8) is 0 Å². The number of anilines is 1. The minimum absolute atomic E-state index is 0.199.